The van der Waals surface area contributed by atoms with Gasteiger partial charge >= 0.3 is 0 Å². The Morgan fingerprint density at radius 1 is 1.00 bits per heavy atom. The molecule has 0 amide bonds. The lowest BCUT2D eigenvalue weighted by atomic mass is 10.1. The SMILES string of the molecule is Cc1ccc(C)c(-c2nc(C)nc(N)n2)c1. The van der Waals surface area contributed by atoms with Gasteiger partial charge in [-0.15, -0.1) is 0 Å². The van der Waals surface area contributed by atoms with Gasteiger partial charge < -0.3 is 5.73 Å². The van der Waals surface area contributed by atoms with Crippen molar-refractivity contribution in [1.82, 2.24) is 15.0 Å². The average Bonchev–Trinajstić information content (AvgIpc) is 2.20. The van der Waals surface area contributed by atoms with Gasteiger partial charge in [-0.3, -0.25) is 0 Å². The first kappa shape index (κ1) is 10.5. The molecule has 0 radical (unpaired) electrons. The minimum Gasteiger partial charge on any atom is -0.368 e. The molecule has 82 valence electrons. The van der Waals surface area contributed by atoms with Gasteiger partial charge in [-0.2, -0.15) is 9.97 Å². The Kier molecular flexibility index (Phi) is 2.56. The highest BCUT2D eigenvalue weighted by Gasteiger charge is 2.07. The fourth-order valence-corrected chi connectivity index (χ4v) is 1.60. The molecule has 0 saturated carbocycles. The van der Waals surface area contributed by atoms with Gasteiger partial charge in [-0.25, -0.2) is 4.98 Å². The van der Waals surface area contributed by atoms with Crippen LogP contribution in [-0.2, 0) is 0 Å². The topological polar surface area (TPSA) is 64.7 Å². The third-order valence-corrected chi connectivity index (χ3v) is 2.40. The van der Waals surface area contributed by atoms with Gasteiger partial charge in [0.05, 0.1) is 0 Å². The zero-order valence-electron chi connectivity index (χ0n) is 9.65. The summed E-state index contributed by atoms with van der Waals surface area (Å²) in [5, 5.41) is 0. The van der Waals surface area contributed by atoms with Crippen molar-refractivity contribution < 1.29 is 0 Å². The third kappa shape index (κ3) is 2.00. The number of nitrogen functional groups attached to an aromatic ring is 1. The molecule has 2 N–H and O–H groups in total. The quantitative estimate of drug-likeness (QED) is 0.789. The van der Waals surface area contributed by atoms with Gasteiger partial charge in [-0.1, -0.05) is 17.7 Å². The van der Waals surface area contributed by atoms with E-state index in [1.165, 1.54) is 5.56 Å². The standard InChI is InChI=1S/C12H14N4/c1-7-4-5-8(2)10(6-7)11-14-9(3)15-12(13)16-11/h4-6H,1-3H3,(H2,13,14,15,16). The summed E-state index contributed by atoms with van der Waals surface area (Å²) < 4.78 is 0. The lowest BCUT2D eigenvalue weighted by molar-refractivity contribution is 0.994. The highest BCUT2D eigenvalue weighted by Crippen LogP contribution is 2.21. The van der Waals surface area contributed by atoms with Gasteiger partial charge in [0.2, 0.25) is 5.95 Å². The molecule has 1 aromatic carbocycles. The lowest BCUT2D eigenvalue weighted by Gasteiger charge is -2.06. The number of nitrogens with zero attached hydrogens (tertiary/aromatic N) is 3. The minimum atomic E-state index is 0.267. The summed E-state index contributed by atoms with van der Waals surface area (Å²) in [4.78, 5) is 12.4. The molecule has 2 aromatic rings. The first-order valence-corrected chi connectivity index (χ1v) is 5.12. The Labute approximate surface area is 94.6 Å². The number of hydrogen-bond acceptors (Lipinski definition) is 4. The summed E-state index contributed by atoms with van der Waals surface area (Å²) in [5.74, 6) is 1.55. The molecular formula is C12H14N4. The first-order chi connectivity index (χ1) is 7.56. The normalized spacial score (nSPS) is 10.4. The van der Waals surface area contributed by atoms with Gasteiger partial charge in [-0.05, 0) is 32.4 Å². The fraction of sp³-hybridized carbons (Fsp3) is 0.250. The van der Waals surface area contributed by atoms with Crippen LogP contribution >= 0.6 is 0 Å². The van der Waals surface area contributed by atoms with Gasteiger partial charge in [0.1, 0.15) is 5.82 Å². The van der Waals surface area contributed by atoms with Crippen molar-refractivity contribution in [1.29, 1.82) is 0 Å². The van der Waals surface area contributed by atoms with Crippen LogP contribution in [0.25, 0.3) is 11.4 Å². The summed E-state index contributed by atoms with van der Waals surface area (Å²) in [5.41, 5.74) is 8.95. The van der Waals surface area contributed by atoms with E-state index >= 15 is 0 Å². The molecule has 2 rings (SSSR count). The van der Waals surface area contributed by atoms with E-state index in [4.69, 9.17) is 5.73 Å². The second kappa shape index (κ2) is 3.89. The van der Waals surface area contributed by atoms with E-state index in [0.717, 1.165) is 11.1 Å². The summed E-state index contributed by atoms with van der Waals surface area (Å²) in [6.07, 6.45) is 0. The largest absolute Gasteiger partial charge is 0.368 e. The predicted octanol–water partition coefficient (Wildman–Crippen LogP) is 2.05. The monoisotopic (exact) mass is 214 g/mol. The molecule has 0 spiro atoms. The molecule has 0 aliphatic carbocycles. The summed E-state index contributed by atoms with van der Waals surface area (Å²) in [7, 11) is 0. The number of aromatic nitrogens is 3. The van der Waals surface area contributed by atoms with Gasteiger partial charge in [0.15, 0.2) is 5.82 Å². The van der Waals surface area contributed by atoms with Crippen molar-refractivity contribution >= 4 is 5.95 Å². The van der Waals surface area contributed by atoms with Crippen LogP contribution in [0.2, 0.25) is 0 Å². The molecule has 0 saturated heterocycles. The maximum atomic E-state index is 5.62. The van der Waals surface area contributed by atoms with Crippen molar-refractivity contribution in [3.63, 3.8) is 0 Å². The second-order valence-corrected chi connectivity index (χ2v) is 3.88. The number of rotatable bonds is 1. The van der Waals surface area contributed by atoms with Crippen LogP contribution in [0.3, 0.4) is 0 Å². The molecule has 0 fully saturated rings. The summed E-state index contributed by atoms with van der Waals surface area (Å²) in [6, 6.07) is 6.18. The van der Waals surface area contributed by atoms with E-state index in [-0.39, 0.29) is 5.95 Å². The van der Waals surface area contributed by atoms with Crippen molar-refractivity contribution in [2.24, 2.45) is 0 Å². The van der Waals surface area contributed by atoms with Crippen LogP contribution in [0.4, 0.5) is 5.95 Å². The Bertz CT molecular complexity index is 514. The molecule has 0 aliphatic heterocycles. The van der Waals surface area contributed by atoms with Crippen molar-refractivity contribution in [3.05, 3.63) is 35.2 Å². The minimum absolute atomic E-state index is 0.267. The first-order valence-electron chi connectivity index (χ1n) is 5.12. The molecule has 1 heterocycles. The lowest BCUT2D eigenvalue weighted by Crippen LogP contribution is -2.02. The highest BCUT2D eigenvalue weighted by molar-refractivity contribution is 5.61. The molecule has 4 nitrogen and oxygen atoms in total. The van der Waals surface area contributed by atoms with Crippen LogP contribution in [0.1, 0.15) is 17.0 Å². The average molecular weight is 214 g/mol. The van der Waals surface area contributed by atoms with E-state index < -0.39 is 0 Å². The van der Waals surface area contributed by atoms with E-state index in [2.05, 4.69) is 33.2 Å². The number of nitrogens with two attached hydrogens (primary N) is 1. The van der Waals surface area contributed by atoms with E-state index in [9.17, 15) is 0 Å². The van der Waals surface area contributed by atoms with Gasteiger partial charge in [0.25, 0.3) is 0 Å². The second-order valence-electron chi connectivity index (χ2n) is 3.88. The molecule has 0 bridgehead atoms. The maximum Gasteiger partial charge on any atom is 0.223 e. The molecule has 4 heteroatoms. The molecule has 1 aromatic heterocycles. The Balaban J connectivity index is 2.62. The fourth-order valence-electron chi connectivity index (χ4n) is 1.60. The molecule has 0 unspecified atom stereocenters. The Morgan fingerprint density at radius 3 is 2.44 bits per heavy atom. The zero-order valence-corrected chi connectivity index (χ0v) is 9.65. The molecule has 16 heavy (non-hydrogen) atoms. The van der Waals surface area contributed by atoms with Crippen LogP contribution in [-0.4, -0.2) is 15.0 Å². The van der Waals surface area contributed by atoms with Crippen LogP contribution in [0.15, 0.2) is 18.2 Å². The van der Waals surface area contributed by atoms with Crippen molar-refractivity contribution in [2.45, 2.75) is 20.8 Å². The Morgan fingerprint density at radius 2 is 1.75 bits per heavy atom. The predicted molar refractivity (Wildman–Crippen MR) is 63.9 cm³/mol. The van der Waals surface area contributed by atoms with Crippen molar-refractivity contribution in [3.8, 4) is 11.4 Å². The maximum absolute atomic E-state index is 5.62. The zero-order chi connectivity index (χ0) is 11.7. The van der Waals surface area contributed by atoms with Crippen LogP contribution in [0, 0.1) is 20.8 Å². The van der Waals surface area contributed by atoms with E-state index in [1.807, 2.05) is 20.8 Å². The smallest absolute Gasteiger partial charge is 0.223 e. The Hall–Kier alpha value is -1.97. The number of benzene rings is 1. The highest BCUT2D eigenvalue weighted by atomic mass is 15.1. The van der Waals surface area contributed by atoms with Crippen LogP contribution < -0.4 is 5.73 Å². The van der Waals surface area contributed by atoms with Crippen molar-refractivity contribution in [2.75, 3.05) is 5.73 Å². The van der Waals surface area contributed by atoms with E-state index in [1.54, 1.807) is 0 Å². The summed E-state index contributed by atoms with van der Waals surface area (Å²) >= 11 is 0. The number of anilines is 1. The molecule has 0 atom stereocenters. The van der Waals surface area contributed by atoms with E-state index in [0.29, 0.717) is 11.6 Å². The third-order valence-electron chi connectivity index (χ3n) is 2.40. The molecular weight excluding hydrogens is 200 g/mol. The number of aryl methyl sites for hydroxylation is 3. The molecule has 0 aliphatic rings. The van der Waals surface area contributed by atoms with Crippen LogP contribution in [0.5, 0.6) is 0 Å². The number of hydrogen-bond donors (Lipinski definition) is 1. The van der Waals surface area contributed by atoms with Gasteiger partial charge in [0, 0.05) is 5.56 Å². The summed E-state index contributed by atoms with van der Waals surface area (Å²) in [6.45, 7) is 5.89.